The van der Waals surface area contributed by atoms with Crippen molar-refractivity contribution in [3.8, 4) is 0 Å². The number of alkyl halides is 5. The van der Waals surface area contributed by atoms with E-state index in [1.165, 1.54) is 25.4 Å². The Morgan fingerprint density at radius 2 is 1.97 bits per heavy atom. The fraction of sp³-hybridized carbons (Fsp3) is 0.333. The molecular formula is C24H21BrF5N5O3. The number of nitro groups is 1. The summed E-state index contributed by atoms with van der Waals surface area (Å²) >= 11 is 3.06. The largest absolute Gasteiger partial charge is 0.408 e. The molecule has 0 aliphatic carbocycles. The van der Waals surface area contributed by atoms with Crippen LogP contribution in [0.15, 0.2) is 53.3 Å². The first-order chi connectivity index (χ1) is 17.8. The number of piperidine rings is 1. The monoisotopic (exact) mass is 601 g/mol. The second-order valence-electron chi connectivity index (χ2n) is 8.78. The zero-order chi connectivity index (χ0) is 27.8. The number of rotatable bonds is 6. The molecule has 38 heavy (non-hydrogen) atoms. The number of hydrogen-bond donors (Lipinski definition) is 2. The quantitative estimate of drug-likeness (QED) is 0.214. The van der Waals surface area contributed by atoms with Crippen molar-refractivity contribution in [3.05, 3.63) is 74.5 Å². The summed E-state index contributed by atoms with van der Waals surface area (Å²) in [6.07, 6.45) is -3.32. The lowest BCUT2D eigenvalue weighted by atomic mass is 9.94. The van der Waals surface area contributed by atoms with Crippen LogP contribution in [0.25, 0.3) is 10.8 Å². The number of amides is 1. The van der Waals surface area contributed by atoms with Gasteiger partial charge in [-0.3, -0.25) is 24.8 Å². The summed E-state index contributed by atoms with van der Waals surface area (Å²) in [7, 11) is 1.25. The molecule has 1 fully saturated rings. The Balaban J connectivity index is 1.77. The molecule has 1 amide bonds. The van der Waals surface area contributed by atoms with Gasteiger partial charge in [-0.1, -0.05) is 40.2 Å². The SMILES string of the molecule is CNC(=O)c1cc(Br)cc([N+](=O)[O-])c1N[C@H]1CN(C(c2cncc3ccccc23)C(F)(F)F)CCC1(F)F. The molecule has 1 saturated heterocycles. The van der Waals surface area contributed by atoms with Crippen LogP contribution in [-0.2, 0) is 0 Å². The number of nitrogens with zero attached hydrogens (tertiary/aromatic N) is 3. The first-order valence-electron chi connectivity index (χ1n) is 11.3. The zero-order valence-corrected chi connectivity index (χ0v) is 21.3. The molecule has 0 radical (unpaired) electrons. The highest BCUT2D eigenvalue weighted by atomic mass is 79.9. The van der Waals surface area contributed by atoms with Gasteiger partial charge in [-0.25, -0.2) is 8.78 Å². The third kappa shape index (κ3) is 5.41. The fourth-order valence-corrected chi connectivity index (χ4v) is 5.07. The van der Waals surface area contributed by atoms with Crippen LogP contribution in [0.1, 0.15) is 28.4 Å². The molecule has 2 aromatic carbocycles. The number of fused-ring (bicyclic) bond motifs is 1. The molecule has 0 bridgehead atoms. The third-order valence-electron chi connectivity index (χ3n) is 6.40. The third-order valence-corrected chi connectivity index (χ3v) is 6.86. The first-order valence-corrected chi connectivity index (χ1v) is 12.1. The maximum absolute atomic E-state index is 15.1. The molecular weight excluding hydrogens is 581 g/mol. The summed E-state index contributed by atoms with van der Waals surface area (Å²) in [6.45, 7) is -1.41. The van der Waals surface area contributed by atoms with Gasteiger partial charge in [0.05, 0.1) is 10.5 Å². The molecule has 8 nitrogen and oxygen atoms in total. The van der Waals surface area contributed by atoms with Crippen molar-refractivity contribution in [1.82, 2.24) is 15.2 Å². The van der Waals surface area contributed by atoms with Crippen molar-refractivity contribution < 1.29 is 31.7 Å². The molecule has 2 heterocycles. The Morgan fingerprint density at radius 1 is 1.26 bits per heavy atom. The van der Waals surface area contributed by atoms with Crippen LogP contribution in [-0.4, -0.2) is 59.0 Å². The Hall–Kier alpha value is -3.39. The van der Waals surface area contributed by atoms with Crippen LogP contribution in [0, 0.1) is 10.1 Å². The van der Waals surface area contributed by atoms with Crippen molar-refractivity contribution >= 4 is 44.0 Å². The predicted molar refractivity (Wildman–Crippen MR) is 133 cm³/mol. The van der Waals surface area contributed by atoms with Gasteiger partial charge in [0, 0.05) is 60.4 Å². The van der Waals surface area contributed by atoms with E-state index in [2.05, 4.69) is 31.5 Å². The molecule has 202 valence electrons. The Kier molecular flexibility index (Phi) is 7.57. The highest BCUT2D eigenvalue weighted by molar-refractivity contribution is 9.10. The number of pyridine rings is 1. The van der Waals surface area contributed by atoms with Gasteiger partial charge in [0.2, 0.25) is 0 Å². The Morgan fingerprint density at radius 3 is 2.63 bits per heavy atom. The molecule has 1 aliphatic heterocycles. The van der Waals surface area contributed by atoms with Crippen molar-refractivity contribution in [2.75, 3.05) is 25.5 Å². The minimum Gasteiger partial charge on any atom is -0.369 e. The van der Waals surface area contributed by atoms with E-state index in [9.17, 15) is 28.1 Å². The number of aromatic nitrogens is 1. The highest BCUT2D eigenvalue weighted by Crippen LogP contribution is 2.44. The lowest BCUT2D eigenvalue weighted by Gasteiger charge is -2.43. The molecule has 2 N–H and O–H groups in total. The van der Waals surface area contributed by atoms with E-state index in [0.29, 0.717) is 5.39 Å². The fourth-order valence-electron chi connectivity index (χ4n) is 4.63. The highest BCUT2D eigenvalue weighted by Gasteiger charge is 2.52. The van der Waals surface area contributed by atoms with E-state index < -0.39 is 65.9 Å². The van der Waals surface area contributed by atoms with Gasteiger partial charge in [-0.15, -0.1) is 0 Å². The van der Waals surface area contributed by atoms with Crippen molar-refractivity contribution in [2.45, 2.75) is 30.6 Å². The average molecular weight is 602 g/mol. The summed E-state index contributed by atoms with van der Waals surface area (Å²) in [4.78, 5) is 28.1. The van der Waals surface area contributed by atoms with Crippen LogP contribution < -0.4 is 10.6 Å². The van der Waals surface area contributed by atoms with Crippen LogP contribution in [0.2, 0.25) is 0 Å². The minimum absolute atomic E-state index is 0.144. The van der Waals surface area contributed by atoms with Gasteiger partial charge >= 0.3 is 6.18 Å². The van der Waals surface area contributed by atoms with Gasteiger partial charge in [0.25, 0.3) is 17.5 Å². The van der Waals surface area contributed by atoms with Crippen molar-refractivity contribution in [1.29, 1.82) is 0 Å². The standard InChI is InChI=1S/C24H21BrF5N5O3/c1-31-22(36)16-8-14(25)9-18(35(37)38)20(16)33-19-12-34(7-6-23(19,26)27)21(24(28,29)30)17-11-32-10-13-4-2-3-5-15(13)17/h2-5,8-11,19,21,33H,6-7,12H2,1H3,(H,31,36)/t19-,21?/m0/s1. The van der Waals surface area contributed by atoms with Gasteiger partial charge in [0.1, 0.15) is 17.8 Å². The zero-order valence-electron chi connectivity index (χ0n) is 19.7. The summed E-state index contributed by atoms with van der Waals surface area (Å²) in [6, 6.07) is 4.29. The number of hydrogen-bond acceptors (Lipinski definition) is 6. The van der Waals surface area contributed by atoms with E-state index in [1.54, 1.807) is 18.2 Å². The van der Waals surface area contributed by atoms with Crippen LogP contribution in [0.3, 0.4) is 0 Å². The van der Waals surface area contributed by atoms with E-state index in [1.807, 2.05) is 0 Å². The number of benzene rings is 2. The van der Waals surface area contributed by atoms with Gasteiger partial charge < -0.3 is 10.6 Å². The number of halogens is 6. The smallest absolute Gasteiger partial charge is 0.369 e. The Bertz CT molecular complexity index is 1380. The molecule has 0 spiro atoms. The van der Waals surface area contributed by atoms with Gasteiger partial charge in [-0.2, -0.15) is 13.2 Å². The predicted octanol–water partition coefficient (Wildman–Crippen LogP) is 5.69. The number of carbonyl (C=O) groups excluding carboxylic acids is 1. The van der Waals surface area contributed by atoms with Crippen LogP contribution in [0.5, 0.6) is 0 Å². The average Bonchev–Trinajstić information content (AvgIpc) is 2.85. The summed E-state index contributed by atoms with van der Waals surface area (Å²) < 4.78 is 73.8. The molecule has 1 unspecified atom stereocenters. The number of nitro benzene ring substituents is 1. The molecule has 2 atom stereocenters. The molecule has 14 heteroatoms. The second kappa shape index (κ2) is 10.4. The van der Waals surface area contributed by atoms with Gasteiger partial charge in [-0.05, 0) is 11.5 Å². The lowest BCUT2D eigenvalue weighted by molar-refractivity contribution is -0.384. The second-order valence-corrected chi connectivity index (χ2v) is 9.70. The van der Waals surface area contributed by atoms with E-state index in [-0.39, 0.29) is 21.0 Å². The summed E-state index contributed by atoms with van der Waals surface area (Å²) in [5.74, 6) is -4.34. The Labute approximate surface area is 221 Å². The van der Waals surface area contributed by atoms with E-state index >= 15 is 8.78 Å². The van der Waals surface area contributed by atoms with E-state index in [0.717, 1.165) is 17.2 Å². The minimum atomic E-state index is -4.85. The van der Waals surface area contributed by atoms with Crippen molar-refractivity contribution in [3.63, 3.8) is 0 Å². The molecule has 4 rings (SSSR count). The van der Waals surface area contributed by atoms with Crippen molar-refractivity contribution in [2.24, 2.45) is 0 Å². The molecule has 3 aromatic rings. The first kappa shape index (κ1) is 27.6. The number of nitrogens with one attached hydrogen (secondary N) is 2. The number of carbonyl (C=O) groups is 1. The lowest BCUT2D eigenvalue weighted by Crippen LogP contribution is -2.57. The van der Waals surface area contributed by atoms with Crippen LogP contribution >= 0.6 is 15.9 Å². The number of anilines is 1. The molecule has 1 aromatic heterocycles. The summed E-state index contributed by atoms with van der Waals surface area (Å²) in [5, 5.41) is 17.1. The maximum Gasteiger partial charge on any atom is 0.408 e. The van der Waals surface area contributed by atoms with E-state index in [4.69, 9.17) is 0 Å². The number of likely N-dealkylation sites (tertiary alicyclic amines) is 1. The molecule has 1 aliphatic rings. The molecule has 0 saturated carbocycles. The summed E-state index contributed by atoms with van der Waals surface area (Å²) in [5.41, 5.74) is -1.71. The van der Waals surface area contributed by atoms with Gasteiger partial charge in [0.15, 0.2) is 0 Å². The van der Waals surface area contributed by atoms with Crippen LogP contribution in [0.4, 0.5) is 33.3 Å². The normalized spacial score (nSPS) is 18.7. The topological polar surface area (TPSA) is 100 Å². The maximum atomic E-state index is 15.1.